The number of hydrogen-bond acceptors (Lipinski definition) is 5. The number of fused-ring (bicyclic) bond motifs is 3. The Morgan fingerprint density at radius 2 is 1.71 bits per heavy atom. The number of benzene rings is 2. The highest BCUT2D eigenvalue weighted by molar-refractivity contribution is 5.80. The van der Waals surface area contributed by atoms with Crippen molar-refractivity contribution in [3.63, 3.8) is 0 Å². The maximum atomic E-state index is 12.8. The van der Waals surface area contributed by atoms with Crippen molar-refractivity contribution in [2.24, 2.45) is 5.92 Å². The van der Waals surface area contributed by atoms with E-state index in [2.05, 4.69) is 29.6 Å². The van der Waals surface area contributed by atoms with Crippen molar-refractivity contribution in [1.82, 2.24) is 10.2 Å². The number of likely N-dealkylation sites (N-methyl/N-ethyl adjacent to an activating group) is 1. The zero-order valence-corrected chi connectivity index (χ0v) is 19.4. The number of ether oxygens (including phenoxy) is 2. The SMILES string of the molecule is CC[C@@H](CC(=O)N(C)C1COCC1C(=O)O)NC(=O)OCC1c2ccccc2-c2ccccc21. The lowest BCUT2D eigenvalue weighted by Crippen LogP contribution is -2.46. The van der Waals surface area contributed by atoms with Crippen LogP contribution >= 0.6 is 0 Å². The van der Waals surface area contributed by atoms with E-state index >= 15 is 0 Å². The van der Waals surface area contributed by atoms with E-state index in [0.29, 0.717) is 6.42 Å². The van der Waals surface area contributed by atoms with Gasteiger partial charge in [-0.1, -0.05) is 55.5 Å². The predicted octanol–water partition coefficient (Wildman–Crippen LogP) is 3.25. The Morgan fingerprint density at radius 3 is 2.29 bits per heavy atom. The molecule has 8 heteroatoms. The van der Waals surface area contributed by atoms with Crippen LogP contribution in [-0.4, -0.2) is 66.9 Å². The molecular weight excluding hydrogens is 436 g/mol. The molecule has 2 aliphatic rings. The van der Waals surface area contributed by atoms with E-state index in [1.807, 2.05) is 31.2 Å². The van der Waals surface area contributed by atoms with Gasteiger partial charge < -0.3 is 24.8 Å². The molecule has 1 saturated heterocycles. The average molecular weight is 467 g/mol. The number of carbonyl (C=O) groups is 3. The van der Waals surface area contributed by atoms with Crippen LogP contribution in [0.4, 0.5) is 4.79 Å². The number of rotatable bonds is 8. The van der Waals surface area contributed by atoms with Gasteiger partial charge in [-0.25, -0.2) is 4.79 Å². The van der Waals surface area contributed by atoms with Crippen LogP contribution in [0.5, 0.6) is 0 Å². The molecular formula is C26H30N2O6. The van der Waals surface area contributed by atoms with Crippen molar-refractivity contribution in [3.8, 4) is 11.1 Å². The van der Waals surface area contributed by atoms with Crippen LogP contribution in [0.15, 0.2) is 48.5 Å². The number of hydrogen-bond donors (Lipinski definition) is 2. The Labute approximate surface area is 198 Å². The van der Waals surface area contributed by atoms with Gasteiger partial charge >= 0.3 is 12.1 Å². The van der Waals surface area contributed by atoms with Crippen LogP contribution in [0.2, 0.25) is 0 Å². The molecule has 1 aliphatic heterocycles. The third-order valence-electron chi connectivity index (χ3n) is 6.84. The molecule has 1 fully saturated rings. The normalized spacial score (nSPS) is 19.7. The summed E-state index contributed by atoms with van der Waals surface area (Å²) in [5.74, 6) is -2.01. The minimum Gasteiger partial charge on any atom is -0.481 e. The number of nitrogens with one attached hydrogen (secondary N) is 1. The summed E-state index contributed by atoms with van der Waals surface area (Å²) in [5, 5.41) is 12.1. The largest absolute Gasteiger partial charge is 0.481 e. The second-order valence-corrected chi connectivity index (χ2v) is 8.83. The third-order valence-corrected chi connectivity index (χ3v) is 6.84. The van der Waals surface area contributed by atoms with Gasteiger partial charge in [0, 0.05) is 25.4 Å². The van der Waals surface area contributed by atoms with Gasteiger partial charge in [0.25, 0.3) is 0 Å². The molecule has 2 N–H and O–H groups in total. The summed E-state index contributed by atoms with van der Waals surface area (Å²) in [6.07, 6.45) is 0.0182. The van der Waals surface area contributed by atoms with E-state index in [4.69, 9.17) is 9.47 Å². The smallest absolute Gasteiger partial charge is 0.407 e. The van der Waals surface area contributed by atoms with Gasteiger partial charge in [0.2, 0.25) is 5.91 Å². The fraction of sp³-hybridized carbons (Fsp3) is 0.423. The van der Waals surface area contributed by atoms with Gasteiger partial charge in [0.15, 0.2) is 0 Å². The van der Waals surface area contributed by atoms with Crippen LogP contribution in [0, 0.1) is 5.92 Å². The first-order chi connectivity index (χ1) is 16.4. The zero-order valence-electron chi connectivity index (χ0n) is 19.4. The van der Waals surface area contributed by atoms with Gasteiger partial charge in [-0.05, 0) is 28.7 Å². The van der Waals surface area contributed by atoms with Crippen molar-refractivity contribution in [1.29, 1.82) is 0 Å². The first kappa shape index (κ1) is 23.8. The fourth-order valence-electron chi connectivity index (χ4n) is 4.80. The number of amides is 2. The second kappa shape index (κ2) is 10.3. The molecule has 2 aromatic rings. The molecule has 0 bridgehead atoms. The standard InChI is InChI=1S/C26H30N2O6/c1-3-16(12-24(29)28(2)23-15-33-13-22(23)25(30)31)27-26(32)34-14-21-19-10-6-4-8-17(19)18-9-5-7-11-20(18)21/h4-11,16,21-23H,3,12-15H2,1-2H3,(H,27,32)(H,30,31)/t16-,22?,23?/m0/s1. The minimum atomic E-state index is -0.981. The van der Waals surface area contributed by atoms with Crippen LogP contribution in [0.25, 0.3) is 11.1 Å². The number of carboxylic acids is 1. The first-order valence-corrected chi connectivity index (χ1v) is 11.6. The summed E-state index contributed by atoms with van der Waals surface area (Å²) in [5.41, 5.74) is 4.57. The van der Waals surface area contributed by atoms with E-state index in [1.54, 1.807) is 7.05 Å². The lowest BCUT2D eigenvalue weighted by molar-refractivity contribution is -0.144. The Kier molecular flexibility index (Phi) is 7.17. The highest BCUT2D eigenvalue weighted by Gasteiger charge is 2.38. The molecule has 0 aromatic heterocycles. The highest BCUT2D eigenvalue weighted by Crippen LogP contribution is 2.44. The van der Waals surface area contributed by atoms with E-state index in [9.17, 15) is 19.5 Å². The number of alkyl carbamates (subject to hydrolysis) is 1. The quantitative estimate of drug-likeness (QED) is 0.619. The summed E-state index contributed by atoms with van der Waals surface area (Å²) < 4.78 is 10.9. The lowest BCUT2D eigenvalue weighted by atomic mass is 9.98. The Balaban J connectivity index is 1.33. The molecule has 4 rings (SSSR count). The maximum Gasteiger partial charge on any atom is 0.407 e. The van der Waals surface area contributed by atoms with Crippen molar-refractivity contribution in [2.45, 2.75) is 37.8 Å². The molecule has 0 saturated carbocycles. The summed E-state index contributed by atoms with van der Waals surface area (Å²) in [4.78, 5) is 38.2. The van der Waals surface area contributed by atoms with E-state index in [-0.39, 0.29) is 38.1 Å². The highest BCUT2D eigenvalue weighted by atomic mass is 16.5. The third kappa shape index (κ3) is 4.77. The maximum absolute atomic E-state index is 12.8. The van der Waals surface area contributed by atoms with E-state index < -0.39 is 30.1 Å². The van der Waals surface area contributed by atoms with Gasteiger partial charge in [0.1, 0.15) is 12.5 Å². The number of carbonyl (C=O) groups excluding carboxylic acids is 2. The Bertz CT molecular complexity index is 1030. The second-order valence-electron chi connectivity index (χ2n) is 8.83. The summed E-state index contributed by atoms with van der Waals surface area (Å²) in [7, 11) is 1.58. The molecule has 2 unspecified atom stereocenters. The number of carboxylic acid groups (broad SMARTS) is 1. The molecule has 8 nitrogen and oxygen atoms in total. The Hall–Kier alpha value is -3.39. The molecule has 180 valence electrons. The molecule has 3 atom stereocenters. The molecule has 2 aromatic carbocycles. The Morgan fingerprint density at radius 1 is 1.09 bits per heavy atom. The first-order valence-electron chi connectivity index (χ1n) is 11.6. The molecule has 1 aliphatic carbocycles. The predicted molar refractivity (Wildman–Crippen MR) is 125 cm³/mol. The average Bonchev–Trinajstić information content (AvgIpc) is 3.45. The fourth-order valence-corrected chi connectivity index (χ4v) is 4.80. The van der Waals surface area contributed by atoms with Gasteiger partial charge in [0.05, 0.1) is 19.3 Å². The topological polar surface area (TPSA) is 105 Å². The zero-order chi connectivity index (χ0) is 24.2. The number of nitrogens with zero attached hydrogens (tertiary/aromatic N) is 1. The molecule has 0 radical (unpaired) electrons. The monoisotopic (exact) mass is 466 g/mol. The molecule has 34 heavy (non-hydrogen) atoms. The van der Waals surface area contributed by atoms with Crippen LogP contribution in [0.1, 0.15) is 36.8 Å². The van der Waals surface area contributed by atoms with Crippen LogP contribution < -0.4 is 5.32 Å². The van der Waals surface area contributed by atoms with Crippen molar-refractivity contribution in [3.05, 3.63) is 59.7 Å². The van der Waals surface area contributed by atoms with E-state index in [1.165, 1.54) is 4.90 Å². The lowest BCUT2D eigenvalue weighted by Gasteiger charge is -2.28. The van der Waals surface area contributed by atoms with Crippen molar-refractivity contribution < 1.29 is 29.0 Å². The summed E-state index contributed by atoms with van der Waals surface area (Å²) >= 11 is 0. The van der Waals surface area contributed by atoms with Crippen LogP contribution in [0.3, 0.4) is 0 Å². The van der Waals surface area contributed by atoms with E-state index in [0.717, 1.165) is 22.3 Å². The summed E-state index contributed by atoms with van der Waals surface area (Å²) in [6.45, 7) is 2.35. The molecule has 0 spiro atoms. The van der Waals surface area contributed by atoms with Crippen molar-refractivity contribution >= 4 is 18.0 Å². The number of aliphatic carboxylic acids is 1. The van der Waals surface area contributed by atoms with Gasteiger partial charge in [-0.2, -0.15) is 0 Å². The van der Waals surface area contributed by atoms with Gasteiger partial charge in [-0.15, -0.1) is 0 Å². The van der Waals surface area contributed by atoms with Gasteiger partial charge in [-0.3, -0.25) is 9.59 Å². The molecule has 2 amide bonds. The van der Waals surface area contributed by atoms with Crippen molar-refractivity contribution in [2.75, 3.05) is 26.9 Å². The van der Waals surface area contributed by atoms with Crippen LogP contribution in [-0.2, 0) is 19.1 Å². The molecule has 1 heterocycles. The summed E-state index contributed by atoms with van der Waals surface area (Å²) in [6, 6.07) is 15.3. The minimum absolute atomic E-state index is 0.0405.